The number of nitrogens with zero attached hydrogens (tertiary/aromatic N) is 5. The lowest BCUT2D eigenvalue weighted by molar-refractivity contribution is -0.166. The molecule has 0 spiro atoms. The van der Waals surface area contributed by atoms with E-state index in [0.29, 0.717) is 35.5 Å². The van der Waals surface area contributed by atoms with Crippen LogP contribution in [0.15, 0.2) is 66.7 Å². The van der Waals surface area contributed by atoms with Gasteiger partial charge in [-0.05, 0) is 66.9 Å². The molecule has 2 fully saturated rings. The molecule has 0 N–H and O–H groups in total. The Kier molecular flexibility index (Phi) is 8.95. The molecule has 2 aliphatic rings. The number of ether oxygens (including phenoxy) is 3. The Bertz CT molecular complexity index is 2220. The average Bonchev–Trinajstić information content (AvgIpc) is 3.92. The molecule has 1 saturated heterocycles. The fourth-order valence-corrected chi connectivity index (χ4v) is 6.33. The zero-order valence-corrected chi connectivity index (χ0v) is 27.8. The van der Waals surface area contributed by atoms with E-state index in [0.717, 1.165) is 31.0 Å². The Morgan fingerprint density at radius 1 is 0.941 bits per heavy atom. The van der Waals surface area contributed by atoms with Crippen LogP contribution in [0.2, 0.25) is 0 Å². The van der Waals surface area contributed by atoms with E-state index in [2.05, 4.69) is 4.98 Å². The van der Waals surface area contributed by atoms with Gasteiger partial charge in [0.25, 0.3) is 0 Å². The SMILES string of the molecule is COC(=O)c1ccc2nc(Cc3cc(F)c(-c4cccc(OCc5ccc(C#N)cc5F)n4)cc3F)n(CC3(OC)CN(C(=O)C4CC4)C3)c2c1. The van der Waals surface area contributed by atoms with E-state index in [4.69, 9.17) is 24.5 Å². The highest BCUT2D eigenvalue weighted by Crippen LogP contribution is 2.37. The van der Waals surface area contributed by atoms with Crippen molar-refractivity contribution >= 4 is 22.9 Å². The highest BCUT2D eigenvalue weighted by atomic mass is 19.1. The summed E-state index contributed by atoms with van der Waals surface area (Å²) in [7, 11) is 2.86. The van der Waals surface area contributed by atoms with Gasteiger partial charge >= 0.3 is 5.97 Å². The van der Waals surface area contributed by atoms with Crippen LogP contribution in [0.3, 0.4) is 0 Å². The van der Waals surface area contributed by atoms with Gasteiger partial charge in [-0.2, -0.15) is 5.26 Å². The minimum Gasteiger partial charge on any atom is -0.473 e. The molecule has 0 unspecified atom stereocenters. The molecule has 3 aromatic carbocycles. The van der Waals surface area contributed by atoms with Crippen molar-refractivity contribution in [1.29, 1.82) is 5.26 Å². The molecule has 7 rings (SSSR count). The Hall–Kier alpha value is -5.74. The van der Waals surface area contributed by atoms with E-state index in [-0.39, 0.29) is 65.2 Å². The van der Waals surface area contributed by atoms with E-state index >= 15 is 8.78 Å². The van der Waals surface area contributed by atoms with Gasteiger partial charge < -0.3 is 23.7 Å². The van der Waals surface area contributed by atoms with Crippen molar-refractivity contribution in [3.8, 4) is 23.2 Å². The van der Waals surface area contributed by atoms with Crippen LogP contribution in [0, 0.1) is 34.7 Å². The first kappa shape index (κ1) is 33.7. The number of fused-ring (bicyclic) bond motifs is 1. The van der Waals surface area contributed by atoms with Gasteiger partial charge in [0, 0.05) is 36.6 Å². The second kappa shape index (κ2) is 13.5. The van der Waals surface area contributed by atoms with Crippen molar-refractivity contribution in [2.24, 2.45) is 5.92 Å². The quantitative estimate of drug-likeness (QED) is 0.155. The summed E-state index contributed by atoms with van der Waals surface area (Å²) >= 11 is 0. The summed E-state index contributed by atoms with van der Waals surface area (Å²) in [4.78, 5) is 35.9. The maximum absolute atomic E-state index is 15.8. The van der Waals surface area contributed by atoms with Crippen molar-refractivity contribution in [3.63, 3.8) is 0 Å². The number of carbonyl (C=O) groups is 2. The van der Waals surface area contributed by atoms with E-state index < -0.39 is 29.0 Å². The fourth-order valence-electron chi connectivity index (χ4n) is 6.33. The van der Waals surface area contributed by atoms with E-state index in [1.807, 2.05) is 10.6 Å². The highest BCUT2D eigenvalue weighted by Gasteiger charge is 2.49. The van der Waals surface area contributed by atoms with Gasteiger partial charge in [0.1, 0.15) is 35.5 Å². The van der Waals surface area contributed by atoms with Gasteiger partial charge in [0.05, 0.1) is 60.7 Å². The summed E-state index contributed by atoms with van der Waals surface area (Å²) in [6.07, 6.45) is 1.68. The van der Waals surface area contributed by atoms with Crippen molar-refractivity contribution < 1.29 is 37.0 Å². The van der Waals surface area contributed by atoms with Crippen molar-refractivity contribution in [1.82, 2.24) is 19.4 Å². The number of likely N-dealkylation sites (tertiary alicyclic amines) is 1. The maximum atomic E-state index is 15.8. The molecule has 0 atom stereocenters. The van der Waals surface area contributed by atoms with Crippen molar-refractivity contribution in [2.75, 3.05) is 27.3 Å². The monoisotopic (exact) mass is 695 g/mol. The Labute approximate surface area is 291 Å². The zero-order valence-electron chi connectivity index (χ0n) is 27.8. The van der Waals surface area contributed by atoms with Crippen LogP contribution < -0.4 is 4.74 Å². The minimum atomic E-state index is -0.744. The first-order chi connectivity index (χ1) is 24.6. The molecule has 3 heterocycles. The maximum Gasteiger partial charge on any atom is 0.337 e. The molecule has 0 bridgehead atoms. The first-order valence-corrected chi connectivity index (χ1v) is 16.3. The van der Waals surface area contributed by atoms with E-state index in [9.17, 15) is 14.0 Å². The van der Waals surface area contributed by atoms with E-state index in [1.54, 1.807) is 36.3 Å². The third kappa shape index (κ3) is 6.74. The number of hydrogen-bond donors (Lipinski definition) is 0. The number of imidazole rings is 1. The molecule has 10 nitrogen and oxygen atoms in total. The second-order valence-corrected chi connectivity index (χ2v) is 12.8. The average molecular weight is 696 g/mol. The van der Waals surface area contributed by atoms with Gasteiger partial charge in [0.2, 0.25) is 11.8 Å². The number of esters is 1. The lowest BCUT2D eigenvalue weighted by Crippen LogP contribution is -2.66. The first-order valence-electron chi connectivity index (χ1n) is 16.3. The zero-order chi connectivity index (χ0) is 35.9. The Morgan fingerprint density at radius 3 is 2.43 bits per heavy atom. The number of hydrogen-bond acceptors (Lipinski definition) is 8. The summed E-state index contributed by atoms with van der Waals surface area (Å²) in [5, 5.41) is 8.96. The number of halogens is 3. The third-order valence-electron chi connectivity index (χ3n) is 9.37. The van der Waals surface area contributed by atoms with Crippen LogP contribution in [0.5, 0.6) is 5.88 Å². The Balaban J connectivity index is 1.16. The molecule has 13 heteroatoms. The summed E-state index contributed by atoms with van der Waals surface area (Å²) in [6, 6.07) is 17.5. The normalized spacial score (nSPS) is 14.9. The number of methoxy groups -OCH3 is 2. The van der Waals surface area contributed by atoms with Crippen molar-refractivity contribution in [3.05, 3.63) is 112 Å². The van der Waals surface area contributed by atoms with Gasteiger partial charge in [-0.3, -0.25) is 4.79 Å². The van der Waals surface area contributed by atoms with Crippen molar-refractivity contribution in [2.45, 2.75) is 38.0 Å². The molecule has 5 aromatic rings. The molecule has 1 aliphatic heterocycles. The second-order valence-electron chi connectivity index (χ2n) is 12.8. The predicted octanol–water partition coefficient (Wildman–Crippen LogP) is 5.98. The lowest BCUT2D eigenvalue weighted by atomic mass is 9.92. The van der Waals surface area contributed by atoms with Gasteiger partial charge in [-0.15, -0.1) is 0 Å². The summed E-state index contributed by atoms with van der Waals surface area (Å²) in [5.41, 5.74) is 1.09. The van der Waals surface area contributed by atoms with Gasteiger partial charge in [-0.1, -0.05) is 12.1 Å². The van der Waals surface area contributed by atoms with Crippen LogP contribution >= 0.6 is 0 Å². The minimum absolute atomic E-state index is 0.0373. The standard InChI is InChI=1S/C38H32F3N5O5/c1-49-37(48)24-10-11-32-33(14-24)46(21-38(50-2)19-45(20-38)36(47)23-8-9-23)34(43-32)15-26-13-30(41)27(16-29(26)40)31-4-3-5-35(44-31)51-18-25-7-6-22(17-42)12-28(25)39/h3-7,10-14,16,23H,8-9,15,18-21H2,1-2H3. The Morgan fingerprint density at radius 2 is 1.73 bits per heavy atom. The van der Waals surface area contributed by atoms with Crippen LogP contribution in [0.1, 0.15) is 45.7 Å². The summed E-state index contributed by atoms with van der Waals surface area (Å²) in [6.45, 7) is 0.791. The van der Waals surface area contributed by atoms with Gasteiger partial charge in [0.15, 0.2) is 0 Å². The van der Waals surface area contributed by atoms with E-state index in [1.165, 1.54) is 31.4 Å². The number of rotatable bonds is 11. The molecule has 0 radical (unpaired) electrons. The number of pyridine rings is 1. The number of benzene rings is 3. The fraction of sp³-hybridized carbons (Fsp3) is 0.289. The molecule has 1 amide bonds. The molecule has 260 valence electrons. The van der Waals surface area contributed by atoms with Crippen LogP contribution in [0.25, 0.3) is 22.3 Å². The topological polar surface area (TPSA) is 120 Å². The van der Waals surface area contributed by atoms with Crippen LogP contribution in [0.4, 0.5) is 13.2 Å². The highest BCUT2D eigenvalue weighted by molar-refractivity contribution is 5.93. The molecule has 1 saturated carbocycles. The van der Waals surface area contributed by atoms with Gasteiger partial charge in [-0.25, -0.2) is 27.9 Å². The number of aromatic nitrogens is 3. The third-order valence-corrected chi connectivity index (χ3v) is 9.37. The smallest absolute Gasteiger partial charge is 0.337 e. The molecule has 1 aliphatic carbocycles. The van der Waals surface area contributed by atoms with Crippen LogP contribution in [-0.2, 0) is 33.8 Å². The largest absolute Gasteiger partial charge is 0.473 e. The van der Waals surface area contributed by atoms with Crippen LogP contribution in [-0.4, -0.2) is 64.2 Å². The number of amides is 1. The molecular formula is C38H32F3N5O5. The molecule has 51 heavy (non-hydrogen) atoms. The summed E-state index contributed by atoms with van der Waals surface area (Å²) < 4.78 is 64.2. The number of carbonyl (C=O) groups excluding carboxylic acids is 2. The molecular weight excluding hydrogens is 663 g/mol. The summed E-state index contributed by atoms with van der Waals surface area (Å²) in [5.74, 6) is -1.92. The lowest BCUT2D eigenvalue weighted by Gasteiger charge is -2.49. The molecule has 2 aromatic heterocycles. The predicted molar refractivity (Wildman–Crippen MR) is 178 cm³/mol. The number of nitriles is 1.